The quantitative estimate of drug-likeness (QED) is 0.662. The van der Waals surface area contributed by atoms with Crippen LogP contribution >= 0.6 is 11.6 Å². The van der Waals surface area contributed by atoms with E-state index >= 15 is 0 Å². The van der Waals surface area contributed by atoms with Crippen LogP contribution < -0.4 is 0 Å². The molecule has 21 heavy (non-hydrogen) atoms. The molecular weight excluding hydrogens is 282 g/mol. The Labute approximate surface area is 129 Å². The van der Waals surface area contributed by atoms with E-state index in [1.165, 1.54) is 5.56 Å². The lowest BCUT2D eigenvalue weighted by Crippen LogP contribution is -2.02. The van der Waals surface area contributed by atoms with Crippen LogP contribution in [0.2, 0.25) is 0 Å². The SMILES string of the molecule is Cc1ccc2nc(CCl)n(-c3cccc(C(C)C)c3)c2n1. The number of benzene rings is 1. The third-order valence-electron chi connectivity index (χ3n) is 3.63. The minimum atomic E-state index is 0.362. The van der Waals surface area contributed by atoms with E-state index in [9.17, 15) is 0 Å². The molecule has 2 aromatic heterocycles. The lowest BCUT2D eigenvalue weighted by Gasteiger charge is -2.11. The van der Waals surface area contributed by atoms with Crippen molar-refractivity contribution in [2.24, 2.45) is 0 Å². The van der Waals surface area contributed by atoms with E-state index in [1.807, 2.05) is 19.1 Å². The predicted octanol–water partition coefficient (Wildman–Crippen LogP) is 4.59. The number of hydrogen-bond donors (Lipinski definition) is 0. The van der Waals surface area contributed by atoms with Crippen LogP contribution in [0.1, 0.15) is 36.8 Å². The maximum absolute atomic E-state index is 6.08. The van der Waals surface area contributed by atoms with Gasteiger partial charge in [-0.15, -0.1) is 11.6 Å². The Hall–Kier alpha value is -1.87. The Balaban J connectivity index is 2.27. The highest BCUT2D eigenvalue weighted by molar-refractivity contribution is 6.16. The number of nitrogens with zero attached hydrogens (tertiary/aromatic N) is 3. The van der Waals surface area contributed by atoms with Gasteiger partial charge in [-0.1, -0.05) is 26.0 Å². The zero-order chi connectivity index (χ0) is 15.0. The number of halogens is 1. The van der Waals surface area contributed by atoms with E-state index in [1.54, 1.807) is 0 Å². The largest absolute Gasteiger partial charge is 0.280 e. The fraction of sp³-hybridized carbons (Fsp3) is 0.294. The van der Waals surface area contributed by atoms with Crippen molar-refractivity contribution in [2.75, 3.05) is 0 Å². The molecule has 0 radical (unpaired) electrons. The first-order chi connectivity index (χ1) is 10.1. The second kappa shape index (κ2) is 5.49. The normalized spacial score (nSPS) is 11.5. The average molecular weight is 300 g/mol. The Morgan fingerprint density at radius 2 is 1.95 bits per heavy atom. The summed E-state index contributed by atoms with van der Waals surface area (Å²) in [6.45, 7) is 6.37. The number of alkyl halides is 1. The second-order valence-electron chi connectivity index (χ2n) is 5.54. The van der Waals surface area contributed by atoms with E-state index in [-0.39, 0.29) is 0 Å². The van der Waals surface area contributed by atoms with Crippen molar-refractivity contribution in [3.63, 3.8) is 0 Å². The van der Waals surface area contributed by atoms with Gasteiger partial charge in [-0.25, -0.2) is 9.97 Å². The van der Waals surface area contributed by atoms with Crippen LogP contribution in [-0.2, 0) is 5.88 Å². The third-order valence-corrected chi connectivity index (χ3v) is 3.87. The van der Waals surface area contributed by atoms with Crippen molar-refractivity contribution in [1.29, 1.82) is 0 Å². The van der Waals surface area contributed by atoms with Gasteiger partial charge >= 0.3 is 0 Å². The molecule has 1 aromatic carbocycles. The van der Waals surface area contributed by atoms with Gasteiger partial charge in [0.25, 0.3) is 0 Å². The molecule has 0 saturated carbocycles. The van der Waals surface area contributed by atoms with E-state index in [4.69, 9.17) is 11.6 Å². The van der Waals surface area contributed by atoms with Crippen LogP contribution in [0.4, 0.5) is 0 Å². The number of imidazole rings is 1. The molecule has 3 aromatic rings. The molecule has 0 atom stereocenters. The van der Waals surface area contributed by atoms with E-state index in [2.05, 4.69) is 52.6 Å². The molecule has 0 aliphatic carbocycles. The zero-order valence-corrected chi connectivity index (χ0v) is 13.2. The molecule has 0 N–H and O–H groups in total. The fourth-order valence-electron chi connectivity index (χ4n) is 2.48. The van der Waals surface area contributed by atoms with Gasteiger partial charge in [0.1, 0.15) is 11.3 Å². The highest BCUT2D eigenvalue weighted by Gasteiger charge is 2.13. The minimum Gasteiger partial charge on any atom is -0.280 e. The topological polar surface area (TPSA) is 30.7 Å². The van der Waals surface area contributed by atoms with Gasteiger partial charge in [0.05, 0.1) is 5.88 Å². The van der Waals surface area contributed by atoms with Crippen LogP contribution in [0.3, 0.4) is 0 Å². The summed E-state index contributed by atoms with van der Waals surface area (Å²) in [6, 6.07) is 12.5. The van der Waals surface area contributed by atoms with Crippen molar-refractivity contribution < 1.29 is 0 Å². The van der Waals surface area contributed by atoms with Crippen LogP contribution in [0.25, 0.3) is 16.9 Å². The number of hydrogen-bond acceptors (Lipinski definition) is 2. The molecule has 0 aliphatic rings. The Kier molecular flexibility index (Phi) is 3.68. The minimum absolute atomic E-state index is 0.362. The van der Waals surface area contributed by atoms with Gasteiger partial charge < -0.3 is 0 Å². The van der Waals surface area contributed by atoms with Gasteiger partial charge in [0, 0.05) is 11.4 Å². The fourth-order valence-corrected chi connectivity index (χ4v) is 2.66. The monoisotopic (exact) mass is 299 g/mol. The average Bonchev–Trinajstić information content (AvgIpc) is 2.85. The summed E-state index contributed by atoms with van der Waals surface area (Å²) >= 11 is 6.08. The van der Waals surface area contributed by atoms with Gasteiger partial charge in [0.15, 0.2) is 5.65 Å². The summed E-state index contributed by atoms with van der Waals surface area (Å²) < 4.78 is 2.06. The second-order valence-corrected chi connectivity index (χ2v) is 5.81. The van der Waals surface area contributed by atoms with Crippen molar-refractivity contribution in [1.82, 2.24) is 14.5 Å². The van der Waals surface area contributed by atoms with Crippen LogP contribution in [0.5, 0.6) is 0 Å². The molecule has 0 bridgehead atoms. The molecule has 0 unspecified atom stereocenters. The predicted molar refractivity (Wildman–Crippen MR) is 87.2 cm³/mol. The first-order valence-electron chi connectivity index (χ1n) is 7.11. The molecule has 4 heteroatoms. The summed E-state index contributed by atoms with van der Waals surface area (Å²) in [5.74, 6) is 1.67. The Morgan fingerprint density at radius 3 is 2.67 bits per heavy atom. The molecule has 108 valence electrons. The summed E-state index contributed by atoms with van der Waals surface area (Å²) in [5.41, 5.74) is 5.09. The molecule has 3 nitrogen and oxygen atoms in total. The third kappa shape index (κ3) is 2.54. The number of aromatic nitrogens is 3. The highest BCUT2D eigenvalue weighted by Crippen LogP contribution is 2.24. The molecule has 3 rings (SSSR count). The highest BCUT2D eigenvalue weighted by atomic mass is 35.5. The van der Waals surface area contributed by atoms with E-state index < -0.39 is 0 Å². The van der Waals surface area contributed by atoms with Gasteiger partial charge in [-0.05, 0) is 42.7 Å². The summed E-state index contributed by atoms with van der Waals surface area (Å²) in [7, 11) is 0. The van der Waals surface area contributed by atoms with Gasteiger partial charge in [-0.3, -0.25) is 4.57 Å². The van der Waals surface area contributed by atoms with Crippen LogP contribution in [0.15, 0.2) is 36.4 Å². The van der Waals surface area contributed by atoms with Gasteiger partial charge in [-0.2, -0.15) is 0 Å². The molecule has 0 spiro atoms. The maximum atomic E-state index is 6.08. The summed E-state index contributed by atoms with van der Waals surface area (Å²) in [5, 5.41) is 0. The van der Waals surface area contributed by atoms with E-state index in [0.717, 1.165) is 28.4 Å². The van der Waals surface area contributed by atoms with Crippen molar-refractivity contribution in [2.45, 2.75) is 32.6 Å². The smallest absolute Gasteiger partial charge is 0.164 e. The molecule has 0 saturated heterocycles. The molecule has 0 fully saturated rings. The Morgan fingerprint density at radius 1 is 1.14 bits per heavy atom. The number of rotatable bonds is 3. The van der Waals surface area contributed by atoms with Crippen molar-refractivity contribution in [3.05, 3.63) is 53.5 Å². The van der Waals surface area contributed by atoms with E-state index in [0.29, 0.717) is 11.8 Å². The number of pyridine rings is 1. The zero-order valence-electron chi connectivity index (χ0n) is 12.5. The first-order valence-corrected chi connectivity index (χ1v) is 7.65. The molecular formula is C17H18ClN3. The lowest BCUT2D eigenvalue weighted by atomic mass is 10.0. The van der Waals surface area contributed by atoms with Gasteiger partial charge in [0.2, 0.25) is 0 Å². The lowest BCUT2D eigenvalue weighted by molar-refractivity contribution is 0.860. The molecule has 2 heterocycles. The standard InChI is InChI=1S/C17H18ClN3/c1-11(2)13-5-4-6-14(9-13)21-16(10-18)20-15-8-7-12(3)19-17(15)21/h4-9,11H,10H2,1-3H3. The number of fused-ring (bicyclic) bond motifs is 1. The summed E-state index contributed by atoms with van der Waals surface area (Å²) in [4.78, 5) is 9.23. The molecule has 0 aliphatic heterocycles. The first kappa shape index (κ1) is 14.1. The Bertz CT molecular complexity index is 790. The maximum Gasteiger partial charge on any atom is 0.164 e. The summed E-state index contributed by atoms with van der Waals surface area (Å²) in [6.07, 6.45) is 0. The van der Waals surface area contributed by atoms with Crippen molar-refractivity contribution in [3.8, 4) is 5.69 Å². The molecule has 0 amide bonds. The van der Waals surface area contributed by atoms with Crippen LogP contribution in [0, 0.1) is 6.92 Å². The number of aryl methyl sites for hydroxylation is 1. The van der Waals surface area contributed by atoms with Crippen molar-refractivity contribution >= 4 is 22.8 Å². The van der Waals surface area contributed by atoms with Crippen LogP contribution in [-0.4, -0.2) is 14.5 Å².